The zero-order valence-electron chi connectivity index (χ0n) is 22.4. The van der Waals surface area contributed by atoms with Gasteiger partial charge in [0.15, 0.2) is 0 Å². The van der Waals surface area contributed by atoms with Crippen molar-refractivity contribution >= 4 is 35.8 Å². The molecule has 12 nitrogen and oxygen atoms in total. The van der Waals surface area contributed by atoms with Gasteiger partial charge in [-0.25, -0.2) is 28.8 Å². The first-order valence-electron chi connectivity index (χ1n) is 11.5. The van der Waals surface area contributed by atoms with Gasteiger partial charge >= 0.3 is 35.8 Å². The van der Waals surface area contributed by atoms with Crippen molar-refractivity contribution in [2.24, 2.45) is 0 Å². The molecular formula is C27H30O12V. The van der Waals surface area contributed by atoms with Gasteiger partial charge in [-0.2, -0.15) is 0 Å². The standard InChI is InChI=1S/C27H30O12.V/c1-16(2)22(28)34-7-10-37-25(31)19-13-20(26(32)38-11-8-35-23(29)17(3)4)15-21(14-19)27(33)39-12-9-36-24(30)18(5)6;/h13-15H,1,3,5,7-12H2,2,4,6H3;. The zero-order valence-corrected chi connectivity index (χ0v) is 23.8. The second-order valence-corrected chi connectivity index (χ2v) is 7.96. The average molecular weight is 597 g/mol. The van der Waals surface area contributed by atoms with E-state index in [0.29, 0.717) is 0 Å². The maximum atomic E-state index is 12.6. The van der Waals surface area contributed by atoms with Gasteiger partial charge in [-0.3, -0.25) is 0 Å². The van der Waals surface area contributed by atoms with E-state index in [1.54, 1.807) is 0 Å². The van der Waals surface area contributed by atoms with Crippen molar-refractivity contribution < 1.29 is 75.7 Å². The molecule has 0 bridgehead atoms. The van der Waals surface area contributed by atoms with E-state index in [-0.39, 0.29) is 91.6 Å². The van der Waals surface area contributed by atoms with E-state index in [1.807, 2.05) is 0 Å². The molecule has 0 aliphatic carbocycles. The molecule has 0 N–H and O–H groups in total. The van der Waals surface area contributed by atoms with Crippen molar-refractivity contribution in [1.29, 1.82) is 0 Å². The number of benzene rings is 1. The van der Waals surface area contributed by atoms with Gasteiger partial charge < -0.3 is 28.4 Å². The van der Waals surface area contributed by atoms with Crippen molar-refractivity contribution in [2.75, 3.05) is 39.6 Å². The molecule has 0 heterocycles. The Kier molecular flexibility index (Phi) is 16.3. The Bertz CT molecular complexity index is 1010. The number of carbonyl (C=O) groups is 6. The molecule has 0 fully saturated rings. The summed E-state index contributed by atoms with van der Waals surface area (Å²) in [6.07, 6.45) is 0. The number of esters is 6. The predicted molar refractivity (Wildman–Crippen MR) is 135 cm³/mol. The SMILES string of the molecule is C=C(C)C(=O)OCCOC(=O)c1cc(C(=O)OCCOC(=O)C(=C)C)cc(C(=O)OCCOC(=O)C(=C)C)c1.[V]. The van der Waals surface area contributed by atoms with E-state index in [0.717, 1.165) is 18.2 Å². The topological polar surface area (TPSA) is 158 Å². The van der Waals surface area contributed by atoms with Crippen molar-refractivity contribution in [3.8, 4) is 0 Å². The number of carbonyl (C=O) groups excluding carboxylic acids is 6. The van der Waals surface area contributed by atoms with Crippen molar-refractivity contribution in [3.63, 3.8) is 0 Å². The molecule has 0 saturated heterocycles. The molecule has 0 saturated carbocycles. The second kappa shape index (κ2) is 18.2. The number of ether oxygens (including phenoxy) is 6. The van der Waals surface area contributed by atoms with Crippen LogP contribution in [0.25, 0.3) is 0 Å². The zero-order chi connectivity index (χ0) is 29.5. The molecule has 215 valence electrons. The minimum atomic E-state index is -0.934. The molecule has 0 aliphatic heterocycles. The van der Waals surface area contributed by atoms with Crippen LogP contribution in [0.4, 0.5) is 0 Å². The summed E-state index contributed by atoms with van der Waals surface area (Å²) in [6, 6.07) is 3.36. The molecule has 40 heavy (non-hydrogen) atoms. The maximum Gasteiger partial charge on any atom is 0.338 e. The smallest absolute Gasteiger partial charge is 0.338 e. The first kappa shape index (κ1) is 35.8. The summed E-state index contributed by atoms with van der Waals surface area (Å²) in [5.74, 6) is -4.79. The Morgan fingerprint density at radius 1 is 0.475 bits per heavy atom. The summed E-state index contributed by atoms with van der Waals surface area (Å²) < 4.78 is 29.6. The fourth-order valence-corrected chi connectivity index (χ4v) is 2.41. The largest absolute Gasteiger partial charge is 0.459 e. The summed E-state index contributed by atoms with van der Waals surface area (Å²) >= 11 is 0. The summed E-state index contributed by atoms with van der Waals surface area (Å²) in [6.45, 7) is 13.0. The Morgan fingerprint density at radius 3 is 0.875 bits per heavy atom. The van der Waals surface area contributed by atoms with Gasteiger partial charge in [0.1, 0.15) is 39.6 Å². The van der Waals surface area contributed by atoms with Gasteiger partial charge in [0.25, 0.3) is 0 Å². The van der Waals surface area contributed by atoms with Gasteiger partial charge in [-0.1, -0.05) is 19.7 Å². The van der Waals surface area contributed by atoms with Crippen LogP contribution >= 0.6 is 0 Å². The molecule has 0 unspecified atom stereocenters. The molecule has 0 aliphatic rings. The third-order valence-corrected chi connectivity index (χ3v) is 4.33. The molecule has 1 aromatic rings. The molecule has 0 atom stereocenters. The Morgan fingerprint density at radius 2 is 0.675 bits per heavy atom. The van der Waals surface area contributed by atoms with Crippen LogP contribution in [-0.4, -0.2) is 75.5 Å². The van der Waals surface area contributed by atoms with Crippen molar-refractivity contribution in [2.45, 2.75) is 20.8 Å². The van der Waals surface area contributed by atoms with Crippen LogP contribution in [0.2, 0.25) is 0 Å². The van der Waals surface area contributed by atoms with Gasteiger partial charge in [0.2, 0.25) is 0 Å². The number of hydrogen-bond acceptors (Lipinski definition) is 12. The van der Waals surface area contributed by atoms with Crippen LogP contribution in [0, 0.1) is 0 Å². The van der Waals surface area contributed by atoms with E-state index < -0.39 is 35.8 Å². The maximum absolute atomic E-state index is 12.6. The summed E-state index contributed by atoms with van der Waals surface area (Å²) in [7, 11) is 0. The molecule has 13 heteroatoms. The van der Waals surface area contributed by atoms with Crippen LogP contribution in [0.15, 0.2) is 54.7 Å². The molecule has 1 aromatic carbocycles. The monoisotopic (exact) mass is 597 g/mol. The third kappa shape index (κ3) is 13.1. The molecule has 0 amide bonds. The Balaban J connectivity index is 0.0000152. The second-order valence-electron chi connectivity index (χ2n) is 7.96. The van der Waals surface area contributed by atoms with Gasteiger partial charge in [-0.15, -0.1) is 0 Å². The molecular weight excluding hydrogens is 567 g/mol. The molecule has 1 rings (SSSR count). The van der Waals surface area contributed by atoms with E-state index in [2.05, 4.69) is 19.7 Å². The van der Waals surface area contributed by atoms with Crippen LogP contribution in [0.3, 0.4) is 0 Å². The fraction of sp³-hybridized carbons (Fsp3) is 0.333. The molecule has 0 aromatic heterocycles. The minimum Gasteiger partial charge on any atom is -0.459 e. The Labute approximate surface area is 243 Å². The van der Waals surface area contributed by atoms with Gasteiger partial charge in [0.05, 0.1) is 16.7 Å². The normalized spacial score (nSPS) is 9.68. The van der Waals surface area contributed by atoms with Crippen LogP contribution in [0.1, 0.15) is 51.8 Å². The fourth-order valence-electron chi connectivity index (χ4n) is 2.41. The van der Waals surface area contributed by atoms with Crippen LogP contribution in [-0.2, 0) is 61.4 Å². The number of rotatable bonds is 15. The van der Waals surface area contributed by atoms with E-state index in [9.17, 15) is 28.8 Å². The minimum absolute atomic E-state index is 0. The van der Waals surface area contributed by atoms with Gasteiger partial charge in [0, 0.05) is 35.3 Å². The molecule has 0 spiro atoms. The van der Waals surface area contributed by atoms with Gasteiger partial charge in [-0.05, 0) is 39.0 Å². The van der Waals surface area contributed by atoms with E-state index in [4.69, 9.17) is 28.4 Å². The number of hydrogen-bond donors (Lipinski definition) is 0. The van der Waals surface area contributed by atoms with Crippen molar-refractivity contribution in [3.05, 3.63) is 71.3 Å². The first-order valence-corrected chi connectivity index (χ1v) is 11.5. The summed E-state index contributed by atoms with van der Waals surface area (Å²) in [5.41, 5.74) is -0.112. The van der Waals surface area contributed by atoms with Crippen LogP contribution in [0.5, 0.6) is 0 Å². The van der Waals surface area contributed by atoms with E-state index >= 15 is 0 Å². The molecule has 1 radical (unpaired) electrons. The quantitative estimate of drug-likeness (QED) is 0.126. The average Bonchev–Trinajstić information content (AvgIpc) is 2.89. The third-order valence-electron chi connectivity index (χ3n) is 4.33. The van der Waals surface area contributed by atoms with Crippen LogP contribution < -0.4 is 0 Å². The summed E-state index contributed by atoms with van der Waals surface area (Å²) in [5, 5.41) is 0. The first-order chi connectivity index (χ1) is 18.3. The Hall–Kier alpha value is -4.16. The predicted octanol–water partition coefficient (Wildman–Crippen LogP) is 2.51. The van der Waals surface area contributed by atoms with Crippen molar-refractivity contribution in [1.82, 2.24) is 0 Å². The summed E-state index contributed by atoms with van der Waals surface area (Å²) in [4.78, 5) is 71.9. The van der Waals surface area contributed by atoms with E-state index in [1.165, 1.54) is 20.8 Å².